The minimum atomic E-state index is -3.81. The molecule has 1 fully saturated rings. The third-order valence-corrected chi connectivity index (χ3v) is 8.76. The number of sulfonamides is 1. The summed E-state index contributed by atoms with van der Waals surface area (Å²) in [5.41, 5.74) is 2.09. The van der Waals surface area contributed by atoms with E-state index in [0.717, 1.165) is 36.7 Å². The fourth-order valence-electron chi connectivity index (χ4n) is 4.65. The lowest BCUT2D eigenvalue weighted by Gasteiger charge is -2.34. The molecular formula is C29H32N4O7S. The van der Waals surface area contributed by atoms with Crippen molar-refractivity contribution < 1.29 is 32.2 Å². The molecule has 41 heavy (non-hydrogen) atoms. The van der Waals surface area contributed by atoms with Crippen molar-refractivity contribution in [2.45, 2.75) is 18.4 Å². The van der Waals surface area contributed by atoms with E-state index in [4.69, 9.17) is 14.2 Å². The minimum Gasteiger partial charge on any atom is -0.484 e. The molecule has 11 nitrogen and oxygen atoms in total. The molecule has 216 valence electrons. The third kappa shape index (κ3) is 6.72. The number of hydrogen-bond acceptors (Lipinski definition) is 8. The summed E-state index contributed by atoms with van der Waals surface area (Å²) in [6.45, 7) is 5.04. The van der Waals surface area contributed by atoms with Crippen molar-refractivity contribution in [3.05, 3.63) is 72.3 Å². The number of nitrogens with one attached hydrogen (secondary N) is 1. The molecule has 12 heteroatoms. The van der Waals surface area contributed by atoms with Crippen LogP contribution in [0.4, 0.5) is 11.4 Å². The number of fused-ring (bicyclic) bond motifs is 1. The van der Waals surface area contributed by atoms with Gasteiger partial charge in [-0.15, -0.1) is 0 Å². The number of carbonyl (C=O) groups excluding carboxylic acids is 2. The van der Waals surface area contributed by atoms with Gasteiger partial charge in [0.1, 0.15) is 5.75 Å². The summed E-state index contributed by atoms with van der Waals surface area (Å²) >= 11 is 0. The van der Waals surface area contributed by atoms with Crippen molar-refractivity contribution in [3.63, 3.8) is 0 Å². The number of benzene rings is 3. The van der Waals surface area contributed by atoms with Crippen LogP contribution in [0, 0.1) is 0 Å². The van der Waals surface area contributed by atoms with Gasteiger partial charge in [0.05, 0.1) is 10.6 Å². The van der Waals surface area contributed by atoms with Gasteiger partial charge in [0.25, 0.3) is 15.9 Å². The van der Waals surface area contributed by atoms with Crippen LogP contribution in [0.15, 0.2) is 71.6 Å². The molecule has 2 amide bonds. The Hall–Kier alpha value is -4.29. The van der Waals surface area contributed by atoms with Crippen LogP contribution in [0.5, 0.6) is 17.2 Å². The van der Waals surface area contributed by atoms with Crippen LogP contribution in [0.25, 0.3) is 0 Å². The summed E-state index contributed by atoms with van der Waals surface area (Å²) in [4.78, 5) is 28.1. The topological polar surface area (TPSA) is 118 Å². The Morgan fingerprint density at radius 3 is 2.29 bits per heavy atom. The maximum absolute atomic E-state index is 13.1. The quantitative estimate of drug-likeness (QED) is 0.411. The molecule has 0 bridgehead atoms. The van der Waals surface area contributed by atoms with E-state index in [1.807, 2.05) is 18.2 Å². The van der Waals surface area contributed by atoms with Crippen LogP contribution in [0.1, 0.15) is 12.5 Å². The first-order valence-electron chi connectivity index (χ1n) is 13.2. The Morgan fingerprint density at radius 1 is 0.927 bits per heavy atom. The lowest BCUT2D eigenvalue weighted by atomic mass is 10.1. The molecule has 0 unspecified atom stereocenters. The largest absolute Gasteiger partial charge is 0.484 e. The fourth-order valence-corrected chi connectivity index (χ4v) is 5.85. The van der Waals surface area contributed by atoms with Gasteiger partial charge in [0.2, 0.25) is 12.7 Å². The first-order valence-corrected chi connectivity index (χ1v) is 14.6. The molecule has 3 aromatic rings. The average molecular weight is 581 g/mol. The smallest absolute Gasteiger partial charge is 0.264 e. The van der Waals surface area contributed by atoms with Crippen molar-refractivity contribution in [2.75, 3.05) is 56.2 Å². The van der Waals surface area contributed by atoms with Gasteiger partial charge in [0, 0.05) is 52.4 Å². The van der Waals surface area contributed by atoms with Crippen molar-refractivity contribution in [1.29, 1.82) is 0 Å². The molecule has 0 spiro atoms. The van der Waals surface area contributed by atoms with Crippen molar-refractivity contribution in [3.8, 4) is 17.2 Å². The summed E-state index contributed by atoms with van der Waals surface area (Å²) in [5.74, 6) is 1.66. The lowest BCUT2D eigenvalue weighted by Crippen LogP contribution is -2.49. The van der Waals surface area contributed by atoms with E-state index >= 15 is 0 Å². The molecule has 1 saturated heterocycles. The standard InChI is InChI=1S/C29H32N4O7S/c1-21(34)30-23-4-10-26(11-5-23)41(36,37)31(2)24-6-8-25(9-7-24)38-19-29(35)33-15-13-32(14-16-33)18-22-3-12-27-28(17-22)40-20-39-27/h3-12,17H,13-16,18-20H2,1-2H3,(H,30,34). The molecule has 0 saturated carbocycles. The highest BCUT2D eigenvalue weighted by Gasteiger charge is 2.24. The normalized spacial score (nSPS) is 14.9. The van der Waals surface area contributed by atoms with Gasteiger partial charge in [-0.2, -0.15) is 0 Å². The lowest BCUT2D eigenvalue weighted by molar-refractivity contribution is -0.135. The average Bonchev–Trinajstić information content (AvgIpc) is 3.44. The van der Waals surface area contributed by atoms with Gasteiger partial charge in [-0.3, -0.25) is 18.8 Å². The molecule has 0 atom stereocenters. The zero-order valence-electron chi connectivity index (χ0n) is 22.9. The van der Waals surface area contributed by atoms with E-state index in [0.29, 0.717) is 30.2 Å². The maximum Gasteiger partial charge on any atom is 0.264 e. The van der Waals surface area contributed by atoms with Crippen LogP contribution in [0.2, 0.25) is 0 Å². The van der Waals surface area contributed by atoms with Gasteiger partial charge in [-0.1, -0.05) is 6.07 Å². The number of amides is 2. The minimum absolute atomic E-state index is 0.0935. The second kappa shape index (κ2) is 12.1. The van der Waals surface area contributed by atoms with Crippen LogP contribution >= 0.6 is 0 Å². The maximum atomic E-state index is 13.1. The van der Waals surface area contributed by atoms with Gasteiger partial charge in [-0.05, 0) is 66.2 Å². The Balaban J connectivity index is 1.09. The number of piperazine rings is 1. The molecule has 0 aliphatic carbocycles. The molecule has 5 rings (SSSR count). The van der Waals surface area contributed by atoms with Crippen LogP contribution in [-0.2, 0) is 26.2 Å². The third-order valence-electron chi connectivity index (χ3n) is 6.96. The predicted octanol–water partition coefficient (Wildman–Crippen LogP) is 2.92. The van der Waals surface area contributed by atoms with Gasteiger partial charge in [-0.25, -0.2) is 8.42 Å². The molecule has 1 N–H and O–H groups in total. The number of nitrogens with zero attached hydrogens (tertiary/aromatic N) is 3. The van der Waals surface area contributed by atoms with E-state index in [2.05, 4.69) is 10.2 Å². The highest BCUT2D eigenvalue weighted by molar-refractivity contribution is 7.92. The molecular weight excluding hydrogens is 548 g/mol. The summed E-state index contributed by atoms with van der Waals surface area (Å²) in [6.07, 6.45) is 0. The first kappa shape index (κ1) is 28.2. The molecule has 2 heterocycles. The number of ether oxygens (including phenoxy) is 3. The molecule has 0 radical (unpaired) electrons. The second-order valence-electron chi connectivity index (χ2n) is 9.81. The van der Waals surface area contributed by atoms with E-state index in [-0.39, 0.29) is 30.1 Å². The van der Waals surface area contributed by atoms with Crippen molar-refractivity contribution in [2.24, 2.45) is 0 Å². The molecule has 0 aromatic heterocycles. The zero-order chi connectivity index (χ0) is 29.0. The monoisotopic (exact) mass is 580 g/mol. The Labute approximate surface area is 239 Å². The number of rotatable bonds is 9. The van der Waals surface area contributed by atoms with E-state index in [9.17, 15) is 18.0 Å². The summed E-state index contributed by atoms with van der Waals surface area (Å²) < 4.78 is 43.8. The Bertz CT molecular complexity index is 1500. The highest BCUT2D eigenvalue weighted by Crippen LogP contribution is 2.33. The van der Waals surface area contributed by atoms with E-state index in [1.165, 1.54) is 42.5 Å². The van der Waals surface area contributed by atoms with Gasteiger partial charge < -0.3 is 24.4 Å². The number of hydrogen-bond donors (Lipinski definition) is 1. The SMILES string of the molecule is CC(=O)Nc1ccc(S(=O)(=O)N(C)c2ccc(OCC(=O)N3CCN(Cc4ccc5c(c4)OCO5)CC3)cc2)cc1. The van der Waals surface area contributed by atoms with Gasteiger partial charge >= 0.3 is 0 Å². The van der Waals surface area contributed by atoms with Crippen LogP contribution in [0.3, 0.4) is 0 Å². The van der Waals surface area contributed by atoms with Crippen molar-refractivity contribution >= 4 is 33.2 Å². The zero-order valence-corrected chi connectivity index (χ0v) is 23.7. The van der Waals surface area contributed by atoms with E-state index < -0.39 is 10.0 Å². The van der Waals surface area contributed by atoms with Gasteiger partial charge in [0.15, 0.2) is 18.1 Å². The molecule has 2 aliphatic heterocycles. The highest BCUT2D eigenvalue weighted by atomic mass is 32.2. The summed E-state index contributed by atoms with van der Waals surface area (Å²) in [5, 5.41) is 2.61. The Kier molecular flexibility index (Phi) is 8.31. The fraction of sp³-hybridized carbons (Fsp3) is 0.310. The van der Waals surface area contributed by atoms with Crippen LogP contribution < -0.4 is 23.8 Å². The summed E-state index contributed by atoms with van der Waals surface area (Å²) in [6, 6.07) is 18.4. The van der Waals surface area contributed by atoms with Crippen LogP contribution in [-0.4, -0.2) is 76.7 Å². The summed E-state index contributed by atoms with van der Waals surface area (Å²) in [7, 11) is -2.35. The van der Waals surface area contributed by atoms with E-state index in [1.54, 1.807) is 29.2 Å². The van der Waals surface area contributed by atoms with Crippen molar-refractivity contribution in [1.82, 2.24) is 9.80 Å². The molecule has 3 aromatic carbocycles. The Morgan fingerprint density at radius 2 is 1.61 bits per heavy atom. The number of carbonyl (C=O) groups is 2. The number of anilines is 2. The first-order chi connectivity index (χ1) is 19.7. The second-order valence-corrected chi connectivity index (χ2v) is 11.8. The predicted molar refractivity (Wildman–Crippen MR) is 153 cm³/mol. The molecule has 2 aliphatic rings.